The van der Waals surface area contributed by atoms with Crippen LogP contribution in [0.3, 0.4) is 0 Å². The number of likely N-dealkylation sites (N-methyl/N-ethyl adjacent to an activating group) is 1. The number of hydrogen-bond donors (Lipinski definition) is 2. The molecule has 1 unspecified atom stereocenters. The third-order valence-electron chi connectivity index (χ3n) is 6.64. The molecule has 7 nitrogen and oxygen atoms in total. The van der Waals surface area contributed by atoms with Crippen LogP contribution < -0.4 is 5.32 Å². The van der Waals surface area contributed by atoms with Gasteiger partial charge in [-0.05, 0) is 32.7 Å². The molecule has 2 N–H and O–H groups in total. The first kappa shape index (κ1) is 19.6. The van der Waals surface area contributed by atoms with Crippen molar-refractivity contribution in [1.82, 2.24) is 19.8 Å². The van der Waals surface area contributed by atoms with Gasteiger partial charge in [-0.2, -0.15) is 0 Å². The number of hydrogen-bond acceptors (Lipinski definition) is 6. The van der Waals surface area contributed by atoms with Crippen LogP contribution in [-0.2, 0) is 17.8 Å². The van der Waals surface area contributed by atoms with Crippen molar-refractivity contribution in [3.63, 3.8) is 0 Å². The van der Waals surface area contributed by atoms with Gasteiger partial charge in [0.25, 0.3) is 0 Å². The summed E-state index contributed by atoms with van der Waals surface area (Å²) in [5.41, 5.74) is 1.46. The molecule has 154 valence electrons. The minimum atomic E-state index is -0.820. The molecule has 1 saturated heterocycles. The molecule has 2 aliphatic heterocycles. The topological polar surface area (TPSA) is 81.6 Å². The van der Waals surface area contributed by atoms with Crippen LogP contribution in [0.4, 0.5) is 5.82 Å². The monoisotopic (exact) mass is 387 g/mol. The number of nitrogens with zero attached hydrogens (tertiary/aromatic N) is 4. The molecule has 1 aliphatic carbocycles. The zero-order valence-corrected chi connectivity index (χ0v) is 17.2. The van der Waals surface area contributed by atoms with Gasteiger partial charge in [-0.25, -0.2) is 9.97 Å². The standard InChI is InChI=1S/C21H33N5O2/c1-22-19-15-14-25(2)12-8-16(15)23-20(24-19)17-7-6-11-26(17)18(27)13-21(28)9-4-3-5-10-21/h17,28H,3-14H2,1-2H3,(H,22,23,24). The van der Waals surface area contributed by atoms with Crippen molar-refractivity contribution < 1.29 is 9.90 Å². The van der Waals surface area contributed by atoms with E-state index in [4.69, 9.17) is 9.97 Å². The number of aromatic nitrogens is 2. The van der Waals surface area contributed by atoms with Crippen molar-refractivity contribution >= 4 is 11.7 Å². The zero-order valence-electron chi connectivity index (χ0n) is 17.2. The summed E-state index contributed by atoms with van der Waals surface area (Å²) in [6, 6.07) is -0.0725. The second-order valence-corrected chi connectivity index (χ2v) is 8.80. The Labute approximate surface area is 167 Å². The van der Waals surface area contributed by atoms with Gasteiger partial charge in [0.2, 0.25) is 5.91 Å². The summed E-state index contributed by atoms with van der Waals surface area (Å²) in [6.45, 7) is 2.58. The second-order valence-electron chi connectivity index (χ2n) is 8.80. The largest absolute Gasteiger partial charge is 0.389 e. The Balaban J connectivity index is 1.55. The smallest absolute Gasteiger partial charge is 0.226 e. The van der Waals surface area contributed by atoms with Gasteiger partial charge in [-0.15, -0.1) is 0 Å². The Morgan fingerprint density at radius 2 is 2.00 bits per heavy atom. The van der Waals surface area contributed by atoms with Crippen LogP contribution in [-0.4, -0.2) is 63.6 Å². The predicted molar refractivity (Wildman–Crippen MR) is 108 cm³/mol. The third-order valence-corrected chi connectivity index (χ3v) is 6.64. The van der Waals surface area contributed by atoms with Gasteiger partial charge in [0, 0.05) is 38.7 Å². The second kappa shape index (κ2) is 7.95. The van der Waals surface area contributed by atoms with E-state index >= 15 is 0 Å². The van der Waals surface area contributed by atoms with E-state index in [2.05, 4.69) is 17.3 Å². The average molecular weight is 388 g/mol. The molecule has 0 aromatic carbocycles. The number of fused-ring (bicyclic) bond motifs is 1. The zero-order chi connectivity index (χ0) is 19.7. The van der Waals surface area contributed by atoms with E-state index in [1.54, 1.807) is 0 Å². The third kappa shape index (κ3) is 3.87. The van der Waals surface area contributed by atoms with Crippen molar-refractivity contribution in [3.8, 4) is 0 Å². The molecule has 1 amide bonds. The molecule has 3 aliphatic rings. The quantitative estimate of drug-likeness (QED) is 0.825. The molecule has 7 heteroatoms. The maximum absolute atomic E-state index is 13.1. The highest BCUT2D eigenvalue weighted by Gasteiger charge is 2.38. The molecule has 3 heterocycles. The number of carbonyl (C=O) groups is 1. The highest BCUT2D eigenvalue weighted by molar-refractivity contribution is 5.78. The number of aliphatic hydroxyl groups is 1. The Morgan fingerprint density at radius 3 is 2.75 bits per heavy atom. The molecule has 1 aromatic heterocycles. The van der Waals surface area contributed by atoms with Crippen LogP contribution >= 0.6 is 0 Å². The van der Waals surface area contributed by atoms with Crippen LogP contribution in [0.5, 0.6) is 0 Å². The van der Waals surface area contributed by atoms with Gasteiger partial charge in [-0.3, -0.25) is 4.79 Å². The van der Waals surface area contributed by atoms with Gasteiger partial charge in [0.1, 0.15) is 5.82 Å². The van der Waals surface area contributed by atoms with E-state index < -0.39 is 5.60 Å². The van der Waals surface area contributed by atoms with Gasteiger partial charge in [-0.1, -0.05) is 19.3 Å². The first-order valence-corrected chi connectivity index (χ1v) is 10.8. The summed E-state index contributed by atoms with van der Waals surface area (Å²) in [6.07, 6.45) is 7.68. The summed E-state index contributed by atoms with van der Waals surface area (Å²) in [5.74, 6) is 1.70. The van der Waals surface area contributed by atoms with Crippen LogP contribution in [0.25, 0.3) is 0 Å². The van der Waals surface area contributed by atoms with Gasteiger partial charge < -0.3 is 20.2 Å². The predicted octanol–water partition coefficient (Wildman–Crippen LogP) is 2.25. The van der Waals surface area contributed by atoms with Crippen molar-refractivity contribution in [2.24, 2.45) is 0 Å². The van der Waals surface area contributed by atoms with Gasteiger partial charge >= 0.3 is 0 Å². The van der Waals surface area contributed by atoms with E-state index in [-0.39, 0.29) is 18.4 Å². The molecule has 1 saturated carbocycles. The van der Waals surface area contributed by atoms with E-state index in [0.717, 1.165) is 88.3 Å². The molecular formula is C21H33N5O2. The number of carbonyl (C=O) groups excluding carboxylic acids is 1. The Morgan fingerprint density at radius 1 is 1.21 bits per heavy atom. The van der Waals surface area contributed by atoms with Crippen LogP contribution in [0, 0.1) is 0 Å². The fraction of sp³-hybridized carbons (Fsp3) is 0.762. The van der Waals surface area contributed by atoms with Gasteiger partial charge in [0.05, 0.1) is 23.8 Å². The van der Waals surface area contributed by atoms with E-state index in [1.807, 2.05) is 11.9 Å². The minimum absolute atomic E-state index is 0.0546. The lowest BCUT2D eigenvalue weighted by molar-refractivity contribution is -0.138. The number of likely N-dealkylation sites (tertiary alicyclic amines) is 1. The first-order chi connectivity index (χ1) is 13.5. The highest BCUT2D eigenvalue weighted by Crippen LogP contribution is 2.36. The molecular weight excluding hydrogens is 354 g/mol. The van der Waals surface area contributed by atoms with Crippen molar-refractivity contribution in [1.29, 1.82) is 0 Å². The number of nitrogens with one attached hydrogen (secondary N) is 1. The summed E-state index contributed by atoms with van der Waals surface area (Å²) in [5, 5.41) is 14.1. The fourth-order valence-corrected chi connectivity index (χ4v) is 5.03. The molecule has 4 rings (SSSR count). The van der Waals surface area contributed by atoms with Gasteiger partial charge in [0.15, 0.2) is 5.82 Å². The highest BCUT2D eigenvalue weighted by atomic mass is 16.3. The molecule has 1 atom stereocenters. The lowest BCUT2D eigenvalue weighted by Crippen LogP contribution is -2.40. The number of amides is 1. The average Bonchev–Trinajstić information content (AvgIpc) is 3.17. The van der Waals surface area contributed by atoms with Crippen molar-refractivity contribution in [2.45, 2.75) is 76.0 Å². The molecule has 2 fully saturated rings. The molecule has 0 radical (unpaired) electrons. The Bertz CT molecular complexity index is 715. The minimum Gasteiger partial charge on any atom is -0.389 e. The van der Waals surface area contributed by atoms with Crippen LogP contribution in [0.2, 0.25) is 0 Å². The first-order valence-electron chi connectivity index (χ1n) is 10.8. The molecule has 1 aromatic rings. The van der Waals surface area contributed by atoms with E-state index in [9.17, 15) is 9.90 Å². The normalized spacial score (nSPS) is 24.8. The SMILES string of the molecule is CNc1nc(C2CCCN2C(=O)CC2(O)CCCCC2)nc2c1CN(C)CC2. The lowest BCUT2D eigenvalue weighted by Gasteiger charge is -2.34. The maximum atomic E-state index is 13.1. The molecule has 0 spiro atoms. The van der Waals surface area contributed by atoms with Crippen LogP contribution in [0.1, 0.15) is 74.5 Å². The molecule has 0 bridgehead atoms. The van der Waals surface area contributed by atoms with Crippen LogP contribution in [0.15, 0.2) is 0 Å². The fourth-order valence-electron chi connectivity index (χ4n) is 5.03. The summed E-state index contributed by atoms with van der Waals surface area (Å²) in [4.78, 5) is 27.0. The van der Waals surface area contributed by atoms with Crippen molar-refractivity contribution in [2.75, 3.05) is 32.5 Å². The molecule has 28 heavy (non-hydrogen) atoms. The van der Waals surface area contributed by atoms with E-state index in [0.29, 0.717) is 0 Å². The summed E-state index contributed by atoms with van der Waals surface area (Å²) >= 11 is 0. The van der Waals surface area contributed by atoms with Crippen molar-refractivity contribution in [3.05, 3.63) is 17.1 Å². The lowest BCUT2D eigenvalue weighted by atomic mass is 9.82. The maximum Gasteiger partial charge on any atom is 0.226 e. The Kier molecular flexibility index (Phi) is 5.56. The number of rotatable bonds is 4. The van der Waals surface area contributed by atoms with E-state index in [1.165, 1.54) is 5.56 Å². The summed E-state index contributed by atoms with van der Waals surface area (Å²) < 4.78 is 0. The Hall–Kier alpha value is -1.73. The number of anilines is 1. The summed E-state index contributed by atoms with van der Waals surface area (Å²) in [7, 11) is 4.01.